The Labute approximate surface area is 123 Å². The molecular formula is C17H29NO2. The Morgan fingerprint density at radius 3 is 2.55 bits per heavy atom. The van der Waals surface area contributed by atoms with Crippen LogP contribution in [0.3, 0.4) is 0 Å². The quantitative estimate of drug-likeness (QED) is 0.757. The van der Waals surface area contributed by atoms with Crippen LogP contribution < -0.4 is 5.32 Å². The van der Waals surface area contributed by atoms with Crippen LogP contribution in [0.2, 0.25) is 0 Å². The zero-order valence-corrected chi connectivity index (χ0v) is 13.0. The molecule has 1 heterocycles. The molecule has 0 radical (unpaired) electrons. The van der Waals surface area contributed by atoms with Crippen molar-refractivity contribution in [1.82, 2.24) is 5.32 Å². The number of rotatable bonds is 7. The second kappa shape index (κ2) is 8.48. The molecule has 0 aromatic carbocycles. The van der Waals surface area contributed by atoms with E-state index in [0.717, 1.165) is 24.6 Å². The summed E-state index contributed by atoms with van der Waals surface area (Å²) in [5.41, 5.74) is 0. The molecule has 0 atom stereocenters. The molecule has 1 saturated carbocycles. The van der Waals surface area contributed by atoms with Crippen LogP contribution >= 0.6 is 0 Å². The van der Waals surface area contributed by atoms with Crippen molar-refractivity contribution >= 4 is 0 Å². The van der Waals surface area contributed by atoms with Crippen molar-refractivity contribution in [2.45, 2.75) is 71.6 Å². The van der Waals surface area contributed by atoms with Gasteiger partial charge in [0.15, 0.2) is 0 Å². The van der Waals surface area contributed by atoms with Gasteiger partial charge < -0.3 is 14.5 Å². The van der Waals surface area contributed by atoms with Crippen molar-refractivity contribution < 1.29 is 9.15 Å². The monoisotopic (exact) mass is 279 g/mol. The van der Waals surface area contributed by atoms with Crippen LogP contribution in [0.15, 0.2) is 16.5 Å². The topological polar surface area (TPSA) is 34.4 Å². The molecule has 1 aliphatic carbocycles. The fourth-order valence-corrected chi connectivity index (χ4v) is 2.69. The maximum Gasteiger partial charge on any atom is 0.129 e. The molecule has 0 aliphatic heterocycles. The van der Waals surface area contributed by atoms with Gasteiger partial charge in [0, 0.05) is 0 Å². The highest BCUT2D eigenvalue weighted by Crippen LogP contribution is 2.21. The highest BCUT2D eigenvalue weighted by atomic mass is 16.5. The lowest BCUT2D eigenvalue weighted by molar-refractivity contribution is 0.0215. The van der Waals surface area contributed by atoms with Crippen molar-refractivity contribution in [3.63, 3.8) is 0 Å². The molecule has 0 spiro atoms. The molecule has 0 bridgehead atoms. The largest absolute Gasteiger partial charge is 0.462 e. The Balaban J connectivity index is 1.69. The van der Waals surface area contributed by atoms with Gasteiger partial charge in [-0.2, -0.15) is 0 Å². The smallest absolute Gasteiger partial charge is 0.129 e. The van der Waals surface area contributed by atoms with E-state index in [1.54, 1.807) is 0 Å². The summed E-state index contributed by atoms with van der Waals surface area (Å²) in [6, 6.07) is 4.10. The summed E-state index contributed by atoms with van der Waals surface area (Å²) in [7, 11) is 0. The van der Waals surface area contributed by atoms with Crippen LogP contribution in [-0.4, -0.2) is 12.6 Å². The molecule has 1 fully saturated rings. The molecule has 3 nitrogen and oxygen atoms in total. The van der Waals surface area contributed by atoms with E-state index < -0.39 is 0 Å². The molecule has 20 heavy (non-hydrogen) atoms. The molecular weight excluding hydrogens is 250 g/mol. The summed E-state index contributed by atoms with van der Waals surface area (Å²) in [5, 5.41) is 3.39. The van der Waals surface area contributed by atoms with Gasteiger partial charge in [-0.3, -0.25) is 0 Å². The molecule has 1 aliphatic rings. The van der Waals surface area contributed by atoms with Gasteiger partial charge in [-0.05, 0) is 37.4 Å². The molecule has 0 saturated heterocycles. The third kappa shape index (κ3) is 5.68. The second-order valence-electron chi connectivity index (χ2n) is 6.32. The number of hydrogen-bond acceptors (Lipinski definition) is 3. The minimum absolute atomic E-state index is 0.435. The van der Waals surface area contributed by atoms with E-state index in [9.17, 15) is 0 Å². The molecule has 1 aromatic rings. The van der Waals surface area contributed by atoms with Crippen LogP contribution in [0.25, 0.3) is 0 Å². The first-order chi connectivity index (χ1) is 9.74. The predicted octanol–water partition coefficient (Wildman–Crippen LogP) is 4.26. The van der Waals surface area contributed by atoms with E-state index in [-0.39, 0.29) is 0 Å². The van der Waals surface area contributed by atoms with Crippen molar-refractivity contribution in [1.29, 1.82) is 0 Å². The summed E-state index contributed by atoms with van der Waals surface area (Å²) in [4.78, 5) is 0. The normalized spacial score (nSPS) is 17.6. The predicted molar refractivity (Wildman–Crippen MR) is 81.5 cm³/mol. The lowest BCUT2D eigenvalue weighted by Crippen LogP contribution is -2.18. The van der Waals surface area contributed by atoms with Gasteiger partial charge in [0.1, 0.15) is 18.1 Å². The van der Waals surface area contributed by atoms with Gasteiger partial charge in [0.2, 0.25) is 0 Å². The fourth-order valence-electron chi connectivity index (χ4n) is 2.69. The Kier molecular flexibility index (Phi) is 6.61. The molecule has 3 heteroatoms. The Morgan fingerprint density at radius 1 is 1.15 bits per heavy atom. The highest BCUT2D eigenvalue weighted by Gasteiger charge is 2.13. The molecule has 0 unspecified atom stereocenters. The van der Waals surface area contributed by atoms with Gasteiger partial charge in [-0.15, -0.1) is 0 Å². The van der Waals surface area contributed by atoms with Crippen LogP contribution in [0, 0.1) is 5.92 Å². The van der Waals surface area contributed by atoms with Crippen molar-refractivity contribution in [3.8, 4) is 0 Å². The maximum atomic E-state index is 5.99. The van der Waals surface area contributed by atoms with E-state index in [1.165, 1.54) is 38.5 Å². The number of ether oxygens (including phenoxy) is 1. The highest BCUT2D eigenvalue weighted by molar-refractivity contribution is 5.06. The molecule has 2 rings (SSSR count). The van der Waals surface area contributed by atoms with E-state index in [2.05, 4.69) is 25.2 Å². The fraction of sp³-hybridized carbons (Fsp3) is 0.765. The lowest BCUT2D eigenvalue weighted by Gasteiger charge is -2.14. The van der Waals surface area contributed by atoms with E-state index in [4.69, 9.17) is 9.15 Å². The summed E-state index contributed by atoms with van der Waals surface area (Å²) >= 11 is 0. The van der Waals surface area contributed by atoms with Crippen LogP contribution in [-0.2, 0) is 17.9 Å². The zero-order chi connectivity index (χ0) is 14.2. The number of hydrogen-bond donors (Lipinski definition) is 1. The standard InChI is InChI=1S/C17H29NO2/c1-14(2)11-18-12-16-9-10-17(20-16)13-19-15-7-5-3-4-6-8-15/h9-10,14-15,18H,3-8,11-13H2,1-2H3. The van der Waals surface area contributed by atoms with Gasteiger partial charge in [0.05, 0.1) is 12.6 Å². The van der Waals surface area contributed by atoms with Crippen molar-refractivity contribution in [3.05, 3.63) is 23.7 Å². The summed E-state index contributed by atoms with van der Waals surface area (Å²) < 4.78 is 11.8. The van der Waals surface area contributed by atoms with Crippen molar-refractivity contribution in [2.24, 2.45) is 5.92 Å². The SMILES string of the molecule is CC(C)CNCc1ccc(COC2CCCCCC2)o1. The van der Waals surface area contributed by atoms with E-state index >= 15 is 0 Å². The third-order valence-corrected chi connectivity index (χ3v) is 3.83. The third-order valence-electron chi connectivity index (χ3n) is 3.83. The van der Waals surface area contributed by atoms with E-state index in [1.807, 2.05) is 6.07 Å². The second-order valence-corrected chi connectivity index (χ2v) is 6.32. The Bertz CT molecular complexity index is 365. The zero-order valence-electron chi connectivity index (χ0n) is 13.0. The average molecular weight is 279 g/mol. The van der Waals surface area contributed by atoms with Gasteiger partial charge >= 0.3 is 0 Å². The van der Waals surface area contributed by atoms with Gasteiger partial charge in [-0.25, -0.2) is 0 Å². The first-order valence-corrected chi connectivity index (χ1v) is 8.14. The first-order valence-electron chi connectivity index (χ1n) is 8.14. The molecule has 0 amide bonds. The number of furan rings is 1. The molecule has 1 N–H and O–H groups in total. The summed E-state index contributed by atoms with van der Waals surface area (Å²) in [5.74, 6) is 2.63. The Morgan fingerprint density at radius 2 is 1.85 bits per heavy atom. The molecule has 1 aromatic heterocycles. The minimum atomic E-state index is 0.435. The summed E-state index contributed by atoms with van der Waals surface area (Å²) in [6.07, 6.45) is 8.22. The van der Waals surface area contributed by atoms with Crippen molar-refractivity contribution in [2.75, 3.05) is 6.54 Å². The minimum Gasteiger partial charge on any atom is -0.462 e. The maximum absolute atomic E-state index is 5.99. The van der Waals surface area contributed by atoms with Crippen LogP contribution in [0.1, 0.15) is 63.9 Å². The van der Waals surface area contributed by atoms with E-state index in [0.29, 0.717) is 18.6 Å². The Hall–Kier alpha value is -0.800. The van der Waals surface area contributed by atoms with Gasteiger partial charge in [0.25, 0.3) is 0 Å². The number of nitrogens with one attached hydrogen (secondary N) is 1. The average Bonchev–Trinajstić information content (AvgIpc) is 2.71. The lowest BCUT2D eigenvalue weighted by atomic mass is 10.1. The van der Waals surface area contributed by atoms with Crippen LogP contribution in [0.4, 0.5) is 0 Å². The first kappa shape index (κ1) is 15.6. The van der Waals surface area contributed by atoms with Gasteiger partial charge in [-0.1, -0.05) is 39.5 Å². The molecule has 114 valence electrons. The summed E-state index contributed by atoms with van der Waals surface area (Å²) in [6.45, 7) is 6.87. The van der Waals surface area contributed by atoms with Crippen LogP contribution in [0.5, 0.6) is 0 Å².